The van der Waals surface area contributed by atoms with E-state index < -0.39 is 16.0 Å². The van der Waals surface area contributed by atoms with E-state index in [2.05, 4.69) is 9.46 Å². The molecule has 0 aliphatic heterocycles. The van der Waals surface area contributed by atoms with E-state index in [9.17, 15) is 13.2 Å². The monoisotopic (exact) mass is 317 g/mol. The zero-order valence-corrected chi connectivity index (χ0v) is 13.4. The average Bonchev–Trinajstić information content (AvgIpc) is 2.95. The smallest absolute Gasteiger partial charge is 0.349 e. The summed E-state index contributed by atoms with van der Waals surface area (Å²) in [6, 6.07) is -0.0511. The molecule has 0 radical (unpaired) electrons. The number of sulfonamides is 1. The molecule has 0 aromatic carbocycles. The summed E-state index contributed by atoms with van der Waals surface area (Å²) < 4.78 is 32.5. The molecule has 1 aromatic heterocycles. The Kier molecular flexibility index (Phi) is 4.51. The molecule has 1 aliphatic rings. The number of methoxy groups -OCH3 is 1. The van der Waals surface area contributed by atoms with Gasteiger partial charge in [0.05, 0.1) is 7.11 Å². The van der Waals surface area contributed by atoms with Gasteiger partial charge in [-0.2, -0.15) is 0 Å². The van der Waals surface area contributed by atoms with Crippen molar-refractivity contribution in [1.29, 1.82) is 0 Å². The predicted molar refractivity (Wildman–Crippen MR) is 77.5 cm³/mol. The number of carbonyl (C=O) groups excluding carboxylic acids is 1. The van der Waals surface area contributed by atoms with E-state index in [0.29, 0.717) is 11.5 Å². The normalized spacial score (nSPS) is 22.9. The lowest BCUT2D eigenvalue weighted by Gasteiger charge is -2.17. The molecule has 20 heavy (non-hydrogen) atoms. The van der Waals surface area contributed by atoms with Gasteiger partial charge in [0.25, 0.3) is 0 Å². The molecule has 1 aliphatic carbocycles. The molecule has 0 bridgehead atoms. The van der Waals surface area contributed by atoms with Crippen molar-refractivity contribution in [2.75, 3.05) is 7.11 Å². The lowest BCUT2D eigenvalue weighted by atomic mass is 10.1. The van der Waals surface area contributed by atoms with Gasteiger partial charge in [-0.25, -0.2) is 17.9 Å². The minimum Gasteiger partial charge on any atom is -0.465 e. The number of hydrogen-bond acceptors (Lipinski definition) is 5. The minimum atomic E-state index is -3.69. The molecule has 112 valence electrons. The summed E-state index contributed by atoms with van der Waals surface area (Å²) in [4.78, 5) is 11.9. The second-order valence-corrected chi connectivity index (χ2v) is 7.73. The van der Waals surface area contributed by atoms with E-state index in [0.717, 1.165) is 30.6 Å². The van der Waals surface area contributed by atoms with Crippen LogP contribution in [-0.2, 0) is 14.8 Å². The number of ether oxygens (including phenoxy) is 1. The highest BCUT2D eigenvalue weighted by molar-refractivity contribution is 7.89. The highest BCUT2D eigenvalue weighted by atomic mass is 32.2. The van der Waals surface area contributed by atoms with Crippen LogP contribution in [0.3, 0.4) is 0 Å². The van der Waals surface area contributed by atoms with Gasteiger partial charge in [0, 0.05) is 6.04 Å². The summed E-state index contributed by atoms with van der Waals surface area (Å²) >= 11 is 1.10. The van der Waals surface area contributed by atoms with Gasteiger partial charge in [0.1, 0.15) is 9.77 Å². The fourth-order valence-corrected chi connectivity index (χ4v) is 5.66. The first-order valence-electron chi connectivity index (χ1n) is 6.55. The number of carbonyl (C=O) groups is 1. The Morgan fingerprint density at radius 2 is 2.15 bits per heavy atom. The number of rotatable bonds is 4. The Bertz CT molecular complexity index is 606. The van der Waals surface area contributed by atoms with Crippen LogP contribution < -0.4 is 4.72 Å². The van der Waals surface area contributed by atoms with Crippen LogP contribution in [0.5, 0.6) is 0 Å². The number of aryl methyl sites for hydroxylation is 1. The maximum absolute atomic E-state index is 12.5. The summed E-state index contributed by atoms with van der Waals surface area (Å²) in [7, 11) is -2.44. The highest BCUT2D eigenvalue weighted by Crippen LogP contribution is 2.30. The van der Waals surface area contributed by atoms with Crippen molar-refractivity contribution < 1.29 is 17.9 Å². The molecule has 1 N–H and O–H groups in total. The highest BCUT2D eigenvalue weighted by Gasteiger charge is 2.32. The number of esters is 1. The third-order valence-electron chi connectivity index (χ3n) is 3.73. The van der Waals surface area contributed by atoms with Crippen molar-refractivity contribution in [3.05, 3.63) is 15.8 Å². The Morgan fingerprint density at radius 1 is 1.45 bits per heavy atom. The van der Waals surface area contributed by atoms with Crippen LogP contribution in [0.4, 0.5) is 0 Å². The molecule has 0 spiro atoms. The predicted octanol–water partition coefficient (Wildman–Crippen LogP) is 2.31. The summed E-state index contributed by atoms with van der Waals surface area (Å²) in [5, 5.41) is 1.67. The van der Waals surface area contributed by atoms with E-state index in [1.54, 1.807) is 12.3 Å². The summed E-state index contributed by atoms with van der Waals surface area (Å²) in [5.41, 5.74) is 0.577. The molecule has 0 saturated heterocycles. The second-order valence-electron chi connectivity index (χ2n) is 5.20. The SMILES string of the molecule is COC(=O)c1scc(C)c1S(=O)(=O)NC1CCCC1C. The van der Waals surface area contributed by atoms with Gasteiger partial charge in [-0.3, -0.25) is 0 Å². The molecule has 1 saturated carbocycles. The number of hydrogen-bond donors (Lipinski definition) is 1. The van der Waals surface area contributed by atoms with E-state index in [1.807, 2.05) is 6.92 Å². The molecule has 7 heteroatoms. The van der Waals surface area contributed by atoms with Crippen LogP contribution in [0, 0.1) is 12.8 Å². The molecule has 2 unspecified atom stereocenters. The van der Waals surface area contributed by atoms with Gasteiger partial charge in [0.15, 0.2) is 0 Å². The van der Waals surface area contributed by atoms with Gasteiger partial charge < -0.3 is 4.74 Å². The molecule has 1 fully saturated rings. The first-order chi connectivity index (χ1) is 9.36. The van der Waals surface area contributed by atoms with Crippen LogP contribution in [0.1, 0.15) is 41.4 Å². The van der Waals surface area contributed by atoms with Crippen LogP contribution in [0.15, 0.2) is 10.3 Å². The molecule has 2 rings (SSSR count). The third-order valence-corrected chi connectivity index (χ3v) is 6.61. The van der Waals surface area contributed by atoms with E-state index in [1.165, 1.54) is 7.11 Å². The van der Waals surface area contributed by atoms with E-state index in [-0.39, 0.29) is 15.8 Å². The van der Waals surface area contributed by atoms with Gasteiger partial charge in [-0.05, 0) is 36.6 Å². The molecule has 1 aromatic rings. The van der Waals surface area contributed by atoms with Crippen molar-refractivity contribution in [1.82, 2.24) is 4.72 Å². The quantitative estimate of drug-likeness (QED) is 0.865. The third kappa shape index (κ3) is 2.89. The van der Waals surface area contributed by atoms with Crippen LogP contribution in [0.2, 0.25) is 0 Å². The summed E-state index contributed by atoms with van der Waals surface area (Å²) in [5.74, 6) is -0.284. The summed E-state index contributed by atoms with van der Waals surface area (Å²) in [6.07, 6.45) is 2.90. The van der Waals surface area contributed by atoms with E-state index in [4.69, 9.17) is 0 Å². The zero-order chi connectivity index (χ0) is 14.9. The maximum Gasteiger partial charge on any atom is 0.349 e. The number of thiophene rings is 1. The Balaban J connectivity index is 2.34. The van der Waals surface area contributed by atoms with Crippen molar-refractivity contribution >= 4 is 27.3 Å². The minimum absolute atomic E-state index is 0.0511. The first-order valence-corrected chi connectivity index (χ1v) is 8.92. The largest absolute Gasteiger partial charge is 0.465 e. The van der Waals surface area contributed by atoms with Crippen molar-refractivity contribution in [3.63, 3.8) is 0 Å². The fourth-order valence-electron chi connectivity index (χ4n) is 2.58. The van der Waals surface area contributed by atoms with Crippen LogP contribution in [-0.4, -0.2) is 27.5 Å². The molecular weight excluding hydrogens is 298 g/mol. The van der Waals surface area contributed by atoms with Crippen LogP contribution in [0.25, 0.3) is 0 Å². The molecule has 2 atom stereocenters. The summed E-state index contributed by atoms with van der Waals surface area (Å²) in [6.45, 7) is 3.73. The van der Waals surface area contributed by atoms with Crippen LogP contribution >= 0.6 is 11.3 Å². The van der Waals surface area contributed by atoms with Crippen molar-refractivity contribution in [3.8, 4) is 0 Å². The van der Waals surface area contributed by atoms with Gasteiger partial charge in [0.2, 0.25) is 10.0 Å². The second kappa shape index (κ2) is 5.83. The number of nitrogens with one attached hydrogen (secondary N) is 1. The lowest BCUT2D eigenvalue weighted by molar-refractivity contribution is 0.0602. The van der Waals surface area contributed by atoms with Crippen molar-refractivity contribution in [2.45, 2.75) is 44.0 Å². The Hall–Kier alpha value is -0.920. The molecule has 5 nitrogen and oxygen atoms in total. The maximum atomic E-state index is 12.5. The molecular formula is C13H19NO4S2. The van der Waals surface area contributed by atoms with E-state index >= 15 is 0 Å². The fraction of sp³-hybridized carbons (Fsp3) is 0.615. The Morgan fingerprint density at radius 3 is 2.70 bits per heavy atom. The molecule has 0 amide bonds. The lowest BCUT2D eigenvalue weighted by Crippen LogP contribution is -2.37. The first kappa shape index (κ1) is 15.5. The molecule has 1 heterocycles. The Labute approximate surface area is 123 Å². The zero-order valence-electron chi connectivity index (χ0n) is 11.8. The van der Waals surface area contributed by atoms with Gasteiger partial charge in [-0.15, -0.1) is 11.3 Å². The van der Waals surface area contributed by atoms with Gasteiger partial charge in [-0.1, -0.05) is 13.3 Å². The van der Waals surface area contributed by atoms with Gasteiger partial charge >= 0.3 is 5.97 Å². The average molecular weight is 317 g/mol. The van der Waals surface area contributed by atoms with Crippen molar-refractivity contribution in [2.24, 2.45) is 5.92 Å². The topological polar surface area (TPSA) is 72.5 Å². The standard InChI is InChI=1S/C13H19NO4S2/c1-8-5-4-6-10(8)14-20(16,17)12-9(2)7-19-11(12)13(15)18-3/h7-8,10,14H,4-6H2,1-3H3.